The van der Waals surface area contributed by atoms with Gasteiger partial charge in [-0.05, 0) is 82.6 Å². The summed E-state index contributed by atoms with van der Waals surface area (Å²) in [4.78, 5) is 2.67. The highest BCUT2D eigenvalue weighted by molar-refractivity contribution is 5.14. The number of nitrogens with one attached hydrogen (secondary N) is 1. The average Bonchev–Trinajstić information content (AvgIpc) is 3.36. The molecule has 1 aromatic carbocycles. The predicted molar refractivity (Wildman–Crippen MR) is 89.6 cm³/mol. The van der Waals surface area contributed by atoms with Crippen molar-refractivity contribution in [3.63, 3.8) is 0 Å². The van der Waals surface area contributed by atoms with Gasteiger partial charge in [-0.1, -0.05) is 30.3 Å². The van der Waals surface area contributed by atoms with E-state index < -0.39 is 0 Å². The van der Waals surface area contributed by atoms with Crippen LogP contribution in [0.5, 0.6) is 0 Å². The van der Waals surface area contributed by atoms with Gasteiger partial charge in [0.1, 0.15) is 0 Å². The Kier molecular flexibility index (Phi) is 5.70. The predicted octanol–water partition coefficient (Wildman–Crippen LogP) is 3.47. The summed E-state index contributed by atoms with van der Waals surface area (Å²) in [6, 6.07) is 11.7. The molecule has 2 aliphatic rings. The maximum Gasteiger partial charge on any atom is 0.00915 e. The molecule has 0 aromatic heterocycles. The Balaban J connectivity index is 1.23. The third-order valence-corrected chi connectivity index (χ3v) is 5.01. The number of nitrogens with zero attached hydrogens (tertiary/aromatic N) is 1. The molecule has 0 radical (unpaired) electrons. The molecule has 0 bridgehead atoms. The zero-order chi connectivity index (χ0) is 14.3. The van der Waals surface area contributed by atoms with Gasteiger partial charge in [0.15, 0.2) is 0 Å². The highest BCUT2D eigenvalue weighted by atomic mass is 15.1. The first-order valence-electron chi connectivity index (χ1n) is 8.90. The van der Waals surface area contributed by atoms with Crippen molar-refractivity contribution < 1.29 is 0 Å². The van der Waals surface area contributed by atoms with Gasteiger partial charge in [-0.2, -0.15) is 0 Å². The van der Waals surface area contributed by atoms with Crippen LogP contribution in [0.3, 0.4) is 0 Å². The highest BCUT2D eigenvalue weighted by Crippen LogP contribution is 2.28. The summed E-state index contributed by atoms with van der Waals surface area (Å²) in [7, 11) is 0. The van der Waals surface area contributed by atoms with E-state index in [9.17, 15) is 0 Å². The minimum Gasteiger partial charge on any atom is -0.314 e. The van der Waals surface area contributed by atoms with Crippen molar-refractivity contribution in [2.75, 3.05) is 26.2 Å². The van der Waals surface area contributed by atoms with Crippen LogP contribution >= 0.6 is 0 Å². The Morgan fingerprint density at radius 3 is 2.43 bits per heavy atom. The van der Waals surface area contributed by atoms with Gasteiger partial charge in [0, 0.05) is 6.04 Å². The zero-order valence-electron chi connectivity index (χ0n) is 13.3. The normalized spacial score (nSPS) is 20.8. The van der Waals surface area contributed by atoms with Crippen LogP contribution < -0.4 is 5.32 Å². The maximum atomic E-state index is 3.77. The van der Waals surface area contributed by atoms with Crippen LogP contribution in [-0.2, 0) is 6.42 Å². The summed E-state index contributed by atoms with van der Waals surface area (Å²) >= 11 is 0. The fourth-order valence-electron chi connectivity index (χ4n) is 3.33. The minimum atomic E-state index is 0.797. The number of unbranched alkanes of at least 4 members (excludes halogenated alkanes) is 1. The van der Waals surface area contributed by atoms with E-state index >= 15 is 0 Å². The van der Waals surface area contributed by atoms with Gasteiger partial charge in [-0.3, -0.25) is 0 Å². The molecule has 1 aliphatic heterocycles. The highest BCUT2D eigenvalue weighted by Gasteiger charge is 2.24. The number of likely N-dealkylation sites (tertiary alicyclic amines) is 1. The van der Waals surface area contributed by atoms with Crippen LogP contribution in [0.25, 0.3) is 0 Å². The number of hydrogen-bond donors (Lipinski definition) is 1. The van der Waals surface area contributed by atoms with E-state index in [1.54, 1.807) is 0 Å². The van der Waals surface area contributed by atoms with Gasteiger partial charge < -0.3 is 10.2 Å². The number of benzene rings is 1. The molecule has 0 unspecified atom stereocenters. The molecule has 116 valence electrons. The van der Waals surface area contributed by atoms with Crippen LogP contribution in [0.4, 0.5) is 0 Å². The molecule has 21 heavy (non-hydrogen) atoms. The molecule has 2 fully saturated rings. The first kappa shape index (κ1) is 15.1. The summed E-state index contributed by atoms with van der Waals surface area (Å²) in [5, 5.41) is 3.77. The van der Waals surface area contributed by atoms with E-state index in [1.807, 2.05) is 0 Å². The van der Waals surface area contributed by atoms with Crippen LogP contribution in [0, 0.1) is 5.92 Å². The number of aryl methyl sites for hydroxylation is 1. The van der Waals surface area contributed by atoms with E-state index in [-0.39, 0.29) is 0 Å². The number of piperidine rings is 1. The van der Waals surface area contributed by atoms with Gasteiger partial charge in [0.2, 0.25) is 0 Å². The fourth-order valence-corrected chi connectivity index (χ4v) is 3.33. The van der Waals surface area contributed by atoms with E-state index in [1.165, 1.54) is 76.7 Å². The standard InChI is InChI=1S/C19H30N2/c1-2-6-17(7-3-1)8-4-5-13-21-14-11-19(12-15-21)20-16-18-9-10-18/h1-3,6-7,18-20H,4-5,8-16H2. The van der Waals surface area contributed by atoms with Crippen molar-refractivity contribution in [1.29, 1.82) is 0 Å². The van der Waals surface area contributed by atoms with Gasteiger partial charge in [0.25, 0.3) is 0 Å². The molecular formula is C19H30N2. The molecule has 0 amide bonds. The average molecular weight is 286 g/mol. The molecule has 1 aromatic rings. The second-order valence-electron chi connectivity index (χ2n) is 6.91. The van der Waals surface area contributed by atoms with Gasteiger partial charge in [0.05, 0.1) is 0 Å². The van der Waals surface area contributed by atoms with Crippen LogP contribution in [-0.4, -0.2) is 37.1 Å². The van der Waals surface area contributed by atoms with Crippen molar-refractivity contribution >= 4 is 0 Å². The van der Waals surface area contributed by atoms with Gasteiger partial charge in [-0.25, -0.2) is 0 Å². The fraction of sp³-hybridized carbons (Fsp3) is 0.684. The Morgan fingerprint density at radius 2 is 1.71 bits per heavy atom. The molecule has 1 heterocycles. The lowest BCUT2D eigenvalue weighted by atomic mass is 10.0. The van der Waals surface area contributed by atoms with Crippen molar-refractivity contribution in [2.45, 2.75) is 51.0 Å². The Labute approximate surface area is 129 Å². The molecule has 0 atom stereocenters. The second kappa shape index (κ2) is 7.95. The Morgan fingerprint density at radius 1 is 0.952 bits per heavy atom. The molecule has 2 heteroatoms. The Hall–Kier alpha value is -0.860. The van der Waals surface area contributed by atoms with Crippen molar-refractivity contribution in [3.8, 4) is 0 Å². The second-order valence-corrected chi connectivity index (χ2v) is 6.91. The van der Waals surface area contributed by atoms with Crippen LogP contribution in [0.1, 0.15) is 44.1 Å². The monoisotopic (exact) mass is 286 g/mol. The molecule has 3 rings (SSSR count). The third-order valence-electron chi connectivity index (χ3n) is 5.01. The number of rotatable bonds is 8. The summed E-state index contributed by atoms with van der Waals surface area (Å²) in [5.74, 6) is 1.01. The van der Waals surface area contributed by atoms with Crippen molar-refractivity contribution in [3.05, 3.63) is 35.9 Å². The first-order chi connectivity index (χ1) is 10.4. The quantitative estimate of drug-likeness (QED) is 0.736. The molecule has 0 spiro atoms. The molecule has 1 saturated heterocycles. The van der Waals surface area contributed by atoms with E-state index in [2.05, 4.69) is 40.5 Å². The van der Waals surface area contributed by atoms with Crippen LogP contribution in [0.15, 0.2) is 30.3 Å². The smallest absolute Gasteiger partial charge is 0.00915 e. The van der Waals surface area contributed by atoms with E-state index in [0.29, 0.717) is 0 Å². The largest absolute Gasteiger partial charge is 0.314 e. The van der Waals surface area contributed by atoms with E-state index in [0.717, 1.165) is 12.0 Å². The summed E-state index contributed by atoms with van der Waals surface area (Å²) < 4.78 is 0. The molecule has 1 saturated carbocycles. The van der Waals surface area contributed by atoms with Crippen molar-refractivity contribution in [2.24, 2.45) is 5.92 Å². The van der Waals surface area contributed by atoms with Crippen molar-refractivity contribution in [1.82, 2.24) is 10.2 Å². The first-order valence-corrected chi connectivity index (χ1v) is 8.90. The minimum absolute atomic E-state index is 0.797. The molecule has 1 N–H and O–H groups in total. The maximum absolute atomic E-state index is 3.77. The van der Waals surface area contributed by atoms with Gasteiger partial charge >= 0.3 is 0 Å². The summed E-state index contributed by atoms with van der Waals surface area (Å²) in [5.41, 5.74) is 1.49. The lowest BCUT2D eigenvalue weighted by Crippen LogP contribution is -2.43. The lowest BCUT2D eigenvalue weighted by Gasteiger charge is -2.32. The molecule has 2 nitrogen and oxygen atoms in total. The summed E-state index contributed by atoms with van der Waals surface area (Å²) in [6.07, 6.45) is 9.54. The molecular weight excluding hydrogens is 256 g/mol. The van der Waals surface area contributed by atoms with Crippen LogP contribution in [0.2, 0.25) is 0 Å². The molecule has 1 aliphatic carbocycles. The number of hydrogen-bond acceptors (Lipinski definition) is 2. The topological polar surface area (TPSA) is 15.3 Å². The van der Waals surface area contributed by atoms with E-state index in [4.69, 9.17) is 0 Å². The lowest BCUT2D eigenvalue weighted by molar-refractivity contribution is 0.194. The zero-order valence-corrected chi connectivity index (χ0v) is 13.3. The Bertz CT molecular complexity index is 391. The summed E-state index contributed by atoms with van der Waals surface area (Å²) in [6.45, 7) is 5.17. The SMILES string of the molecule is c1ccc(CCCCN2CCC(NCC3CC3)CC2)cc1. The van der Waals surface area contributed by atoms with Gasteiger partial charge in [-0.15, -0.1) is 0 Å². The third kappa shape index (κ3) is 5.44.